The molecule has 1 saturated heterocycles. The largest absolute Gasteiger partial charge is 0.508 e. The summed E-state index contributed by atoms with van der Waals surface area (Å²) in [6.07, 6.45) is 6.31. The van der Waals surface area contributed by atoms with Gasteiger partial charge in [0, 0.05) is 18.6 Å². The zero-order chi connectivity index (χ0) is 15.8. The van der Waals surface area contributed by atoms with E-state index < -0.39 is 0 Å². The van der Waals surface area contributed by atoms with Gasteiger partial charge in [-0.05, 0) is 44.6 Å². The summed E-state index contributed by atoms with van der Waals surface area (Å²) in [5.41, 5.74) is 1.40. The van der Waals surface area contributed by atoms with Crippen LogP contribution < -0.4 is 5.32 Å². The van der Waals surface area contributed by atoms with Crippen LogP contribution >= 0.6 is 0 Å². The second-order valence-electron chi connectivity index (χ2n) is 6.40. The summed E-state index contributed by atoms with van der Waals surface area (Å²) in [5, 5.41) is 12.8. The lowest BCUT2D eigenvalue weighted by molar-refractivity contribution is 0.0986. The highest BCUT2D eigenvalue weighted by molar-refractivity contribution is 5.33. The third-order valence-corrected chi connectivity index (χ3v) is 4.77. The predicted molar refractivity (Wildman–Crippen MR) is 90.2 cm³/mol. The Labute approximate surface area is 134 Å². The molecule has 1 aliphatic heterocycles. The normalized spacial score (nSPS) is 21.0. The van der Waals surface area contributed by atoms with Crippen LogP contribution in [0.5, 0.6) is 5.75 Å². The number of ether oxygens (including phenoxy) is 1. The van der Waals surface area contributed by atoms with E-state index in [1.807, 2.05) is 12.1 Å². The van der Waals surface area contributed by atoms with Crippen LogP contribution in [-0.4, -0.2) is 50.4 Å². The second-order valence-corrected chi connectivity index (χ2v) is 6.40. The number of aromatic hydroxyl groups is 1. The van der Waals surface area contributed by atoms with Gasteiger partial charge in [0.25, 0.3) is 0 Å². The summed E-state index contributed by atoms with van der Waals surface area (Å²) in [7, 11) is 4.30. The van der Waals surface area contributed by atoms with E-state index in [9.17, 15) is 5.11 Å². The van der Waals surface area contributed by atoms with E-state index in [1.54, 1.807) is 6.07 Å². The van der Waals surface area contributed by atoms with Gasteiger partial charge in [0.15, 0.2) is 0 Å². The van der Waals surface area contributed by atoms with Crippen molar-refractivity contribution in [3.63, 3.8) is 0 Å². The van der Waals surface area contributed by atoms with E-state index in [4.69, 9.17) is 4.74 Å². The van der Waals surface area contributed by atoms with Gasteiger partial charge in [0.05, 0.1) is 13.2 Å². The zero-order valence-electron chi connectivity index (χ0n) is 14.0. The van der Waals surface area contributed by atoms with Gasteiger partial charge < -0.3 is 15.2 Å². The van der Waals surface area contributed by atoms with Crippen molar-refractivity contribution in [1.82, 2.24) is 10.2 Å². The van der Waals surface area contributed by atoms with Gasteiger partial charge in [0.2, 0.25) is 0 Å². The van der Waals surface area contributed by atoms with Gasteiger partial charge in [-0.25, -0.2) is 0 Å². The summed E-state index contributed by atoms with van der Waals surface area (Å²) in [5.74, 6) is 0.379. The van der Waals surface area contributed by atoms with Crippen molar-refractivity contribution in [2.75, 3.05) is 40.4 Å². The maximum Gasteiger partial charge on any atom is 0.115 e. The number of phenols is 1. The van der Waals surface area contributed by atoms with Crippen LogP contribution in [0.4, 0.5) is 0 Å². The summed E-state index contributed by atoms with van der Waals surface area (Å²) in [4.78, 5) is 2.32. The fraction of sp³-hybridized carbons (Fsp3) is 0.667. The first-order valence-electron chi connectivity index (χ1n) is 8.40. The number of hydrogen-bond acceptors (Lipinski definition) is 4. The number of benzene rings is 1. The fourth-order valence-corrected chi connectivity index (χ4v) is 3.44. The minimum absolute atomic E-state index is 0.136. The Kier molecular flexibility index (Phi) is 6.68. The van der Waals surface area contributed by atoms with Crippen molar-refractivity contribution in [3.05, 3.63) is 29.8 Å². The van der Waals surface area contributed by atoms with Crippen molar-refractivity contribution in [3.8, 4) is 5.75 Å². The van der Waals surface area contributed by atoms with Crippen molar-refractivity contribution >= 4 is 0 Å². The monoisotopic (exact) mass is 306 g/mol. The Morgan fingerprint density at radius 3 is 2.23 bits per heavy atom. The molecule has 22 heavy (non-hydrogen) atoms. The zero-order valence-corrected chi connectivity index (χ0v) is 14.0. The maximum atomic E-state index is 9.62. The lowest BCUT2D eigenvalue weighted by Crippen LogP contribution is -2.42. The molecule has 0 amide bonds. The molecule has 0 radical (unpaired) electrons. The smallest absolute Gasteiger partial charge is 0.115 e. The van der Waals surface area contributed by atoms with Crippen molar-refractivity contribution < 1.29 is 9.84 Å². The molecule has 0 aromatic heterocycles. The van der Waals surface area contributed by atoms with Crippen LogP contribution in [0.2, 0.25) is 0 Å². The molecular formula is C18H30N2O2. The van der Waals surface area contributed by atoms with Crippen molar-refractivity contribution in [1.29, 1.82) is 0 Å². The highest BCUT2D eigenvalue weighted by Gasteiger charge is 2.35. The van der Waals surface area contributed by atoms with Gasteiger partial charge in [-0.2, -0.15) is 0 Å². The molecule has 4 heteroatoms. The predicted octanol–water partition coefficient (Wildman–Crippen LogP) is 2.72. The first-order valence-corrected chi connectivity index (χ1v) is 8.40. The van der Waals surface area contributed by atoms with Crippen molar-refractivity contribution in [2.24, 2.45) is 0 Å². The maximum absolute atomic E-state index is 9.62. The standard InChI is InChI=1S/C14H21NO.C4H9NO/c1-15(2)14(9-4-3-5-10-14)12-7-6-8-13(16)11-12;1-3-6-4-2-5-1/h6-8,11,16H,3-5,9-10H2,1-2H3;5H,1-4H2. The average Bonchev–Trinajstić information content (AvgIpc) is 2.57. The molecule has 3 rings (SSSR count). The molecule has 0 unspecified atom stereocenters. The van der Waals surface area contributed by atoms with E-state index in [-0.39, 0.29) is 5.54 Å². The minimum Gasteiger partial charge on any atom is -0.508 e. The summed E-state index contributed by atoms with van der Waals surface area (Å²) < 4.78 is 5.01. The van der Waals surface area contributed by atoms with Crippen molar-refractivity contribution in [2.45, 2.75) is 37.6 Å². The number of rotatable bonds is 2. The van der Waals surface area contributed by atoms with Gasteiger partial charge in [-0.1, -0.05) is 31.4 Å². The molecular weight excluding hydrogens is 276 g/mol. The molecule has 2 N–H and O–H groups in total. The first kappa shape index (κ1) is 17.3. The summed E-state index contributed by atoms with van der Waals surface area (Å²) in [6.45, 7) is 3.83. The Morgan fingerprint density at radius 2 is 1.77 bits per heavy atom. The van der Waals surface area contributed by atoms with Crippen LogP contribution in [0.1, 0.15) is 37.7 Å². The van der Waals surface area contributed by atoms with Crippen LogP contribution in [0.25, 0.3) is 0 Å². The topological polar surface area (TPSA) is 44.7 Å². The molecule has 0 spiro atoms. The van der Waals surface area contributed by atoms with Crippen LogP contribution in [-0.2, 0) is 10.3 Å². The van der Waals surface area contributed by atoms with Gasteiger partial charge in [-0.15, -0.1) is 0 Å². The number of hydrogen-bond donors (Lipinski definition) is 2. The highest BCUT2D eigenvalue weighted by atomic mass is 16.5. The third-order valence-electron chi connectivity index (χ3n) is 4.77. The van der Waals surface area contributed by atoms with E-state index in [1.165, 1.54) is 37.7 Å². The quantitative estimate of drug-likeness (QED) is 0.882. The van der Waals surface area contributed by atoms with Gasteiger partial charge in [-0.3, -0.25) is 4.90 Å². The van der Waals surface area contributed by atoms with E-state index in [0.29, 0.717) is 5.75 Å². The molecule has 1 saturated carbocycles. The molecule has 2 aliphatic rings. The summed E-state index contributed by atoms with van der Waals surface area (Å²) >= 11 is 0. The lowest BCUT2D eigenvalue weighted by Gasteiger charge is -2.43. The number of morpholine rings is 1. The molecule has 4 nitrogen and oxygen atoms in total. The molecule has 0 bridgehead atoms. The Hall–Kier alpha value is -1.10. The van der Waals surface area contributed by atoms with E-state index in [0.717, 1.165) is 26.3 Å². The average molecular weight is 306 g/mol. The molecule has 1 aromatic carbocycles. The van der Waals surface area contributed by atoms with E-state index >= 15 is 0 Å². The fourth-order valence-electron chi connectivity index (χ4n) is 3.44. The number of nitrogens with zero attached hydrogens (tertiary/aromatic N) is 1. The molecule has 2 fully saturated rings. The molecule has 1 heterocycles. The summed E-state index contributed by atoms with van der Waals surface area (Å²) in [6, 6.07) is 7.76. The number of phenolic OH excluding ortho intramolecular Hbond substituents is 1. The SMILES string of the molecule is C1COCCN1.CN(C)C1(c2cccc(O)c2)CCCCC1. The Balaban J connectivity index is 0.000000246. The highest BCUT2D eigenvalue weighted by Crippen LogP contribution is 2.41. The first-order chi connectivity index (χ1) is 10.6. The minimum atomic E-state index is 0.136. The van der Waals surface area contributed by atoms with Crippen LogP contribution in [0.3, 0.4) is 0 Å². The lowest BCUT2D eigenvalue weighted by atomic mass is 9.75. The van der Waals surface area contributed by atoms with E-state index in [2.05, 4.69) is 30.4 Å². The third kappa shape index (κ3) is 4.45. The Bertz CT molecular complexity index is 427. The molecule has 124 valence electrons. The molecule has 0 atom stereocenters. The van der Waals surface area contributed by atoms with Crippen LogP contribution in [0.15, 0.2) is 24.3 Å². The molecule has 1 aliphatic carbocycles. The van der Waals surface area contributed by atoms with Crippen LogP contribution in [0, 0.1) is 0 Å². The molecule has 1 aromatic rings. The number of nitrogens with one attached hydrogen (secondary N) is 1. The second kappa shape index (κ2) is 8.51. The Morgan fingerprint density at radius 1 is 1.09 bits per heavy atom. The van der Waals surface area contributed by atoms with Gasteiger partial charge in [0.1, 0.15) is 5.75 Å². The van der Waals surface area contributed by atoms with Gasteiger partial charge >= 0.3 is 0 Å².